The van der Waals surface area contributed by atoms with Crippen molar-refractivity contribution in [1.29, 1.82) is 0 Å². The summed E-state index contributed by atoms with van der Waals surface area (Å²) in [5, 5.41) is 2.37. The van der Waals surface area contributed by atoms with Crippen molar-refractivity contribution in [2.75, 3.05) is 57.7 Å². The number of halogens is 3. The maximum absolute atomic E-state index is 13.0. The second-order valence-corrected chi connectivity index (χ2v) is 7.23. The van der Waals surface area contributed by atoms with Crippen molar-refractivity contribution in [3.63, 3.8) is 0 Å². The van der Waals surface area contributed by atoms with Gasteiger partial charge in [0.05, 0.1) is 24.3 Å². The van der Waals surface area contributed by atoms with Crippen molar-refractivity contribution >= 4 is 17.5 Å². The topological polar surface area (TPSA) is 55.9 Å². The zero-order valence-corrected chi connectivity index (χ0v) is 15.7. The quantitative estimate of drug-likeness (QED) is 0.823. The van der Waals surface area contributed by atoms with Gasteiger partial charge in [-0.1, -0.05) is 12.1 Å². The van der Waals surface area contributed by atoms with E-state index in [0.29, 0.717) is 32.7 Å². The van der Waals surface area contributed by atoms with Gasteiger partial charge in [-0.3, -0.25) is 19.4 Å². The molecule has 0 aromatic heterocycles. The summed E-state index contributed by atoms with van der Waals surface area (Å²) in [7, 11) is 0. The van der Waals surface area contributed by atoms with Crippen molar-refractivity contribution in [3.05, 3.63) is 29.8 Å². The maximum atomic E-state index is 13.0. The van der Waals surface area contributed by atoms with Crippen LogP contribution in [0.1, 0.15) is 18.4 Å². The van der Waals surface area contributed by atoms with E-state index in [1.165, 1.54) is 18.2 Å². The van der Waals surface area contributed by atoms with Gasteiger partial charge in [-0.25, -0.2) is 0 Å². The highest BCUT2D eigenvalue weighted by Gasteiger charge is 2.33. The highest BCUT2D eigenvalue weighted by Crippen LogP contribution is 2.34. The van der Waals surface area contributed by atoms with E-state index in [4.69, 9.17) is 0 Å². The number of anilines is 1. The number of hydrogen-bond donors (Lipinski definition) is 1. The van der Waals surface area contributed by atoms with Crippen LogP contribution in [-0.4, -0.2) is 78.9 Å². The van der Waals surface area contributed by atoms with Crippen LogP contribution in [0, 0.1) is 0 Å². The third-order valence-electron chi connectivity index (χ3n) is 5.16. The first-order valence-corrected chi connectivity index (χ1v) is 9.51. The average Bonchev–Trinajstić information content (AvgIpc) is 3.18. The van der Waals surface area contributed by atoms with Gasteiger partial charge >= 0.3 is 6.18 Å². The fraction of sp³-hybridized carbons (Fsp3) is 0.579. The minimum atomic E-state index is -4.52. The highest BCUT2D eigenvalue weighted by molar-refractivity contribution is 5.93. The third kappa shape index (κ3) is 5.45. The van der Waals surface area contributed by atoms with Crippen LogP contribution in [0.15, 0.2) is 24.3 Å². The Morgan fingerprint density at radius 1 is 0.893 bits per heavy atom. The van der Waals surface area contributed by atoms with Gasteiger partial charge < -0.3 is 10.2 Å². The molecule has 2 aliphatic heterocycles. The number of hydrogen-bond acceptors (Lipinski definition) is 4. The molecule has 0 radical (unpaired) electrons. The molecule has 1 aromatic carbocycles. The van der Waals surface area contributed by atoms with Gasteiger partial charge in [0.25, 0.3) is 0 Å². The van der Waals surface area contributed by atoms with E-state index in [-0.39, 0.29) is 18.1 Å². The molecule has 2 fully saturated rings. The molecule has 2 saturated heterocycles. The largest absolute Gasteiger partial charge is 0.418 e. The summed E-state index contributed by atoms with van der Waals surface area (Å²) in [4.78, 5) is 30.2. The van der Waals surface area contributed by atoms with Gasteiger partial charge in [-0.15, -0.1) is 0 Å². The van der Waals surface area contributed by atoms with Crippen LogP contribution < -0.4 is 5.32 Å². The smallest absolute Gasteiger partial charge is 0.342 e. The molecular formula is C19H25F3N4O2. The minimum absolute atomic E-state index is 0.0279. The number of carbonyl (C=O) groups excluding carboxylic acids is 2. The first kappa shape index (κ1) is 20.6. The predicted molar refractivity (Wildman–Crippen MR) is 98.8 cm³/mol. The minimum Gasteiger partial charge on any atom is -0.342 e. The van der Waals surface area contributed by atoms with Crippen molar-refractivity contribution < 1.29 is 22.8 Å². The summed E-state index contributed by atoms with van der Waals surface area (Å²) in [5.74, 6) is -0.328. The van der Waals surface area contributed by atoms with Gasteiger partial charge in [0.2, 0.25) is 11.8 Å². The number of likely N-dealkylation sites (tertiary alicyclic amines) is 1. The zero-order valence-electron chi connectivity index (χ0n) is 15.7. The van der Waals surface area contributed by atoms with Crippen LogP contribution >= 0.6 is 0 Å². The predicted octanol–water partition coefficient (Wildman–Crippen LogP) is 1.88. The van der Waals surface area contributed by atoms with E-state index in [1.54, 1.807) is 0 Å². The molecule has 1 aromatic rings. The Kier molecular flexibility index (Phi) is 6.56. The number of carbonyl (C=O) groups is 2. The molecule has 2 aliphatic rings. The molecule has 0 atom stereocenters. The Balaban J connectivity index is 1.45. The van der Waals surface area contributed by atoms with Crippen LogP contribution in [0.3, 0.4) is 0 Å². The van der Waals surface area contributed by atoms with Crippen molar-refractivity contribution in [2.45, 2.75) is 19.0 Å². The van der Waals surface area contributed by atoms with Gasteiger partial charge in [-0.05, 0) is 25.0 Å². The number of piperazine rings is 1. The Labute approximate surface area is 162 Å². The maximum Gasteiger partial charge on any atom is 0.418 e. The number of nitrogens with zero attached hydrogens (tertiary/aromatic N) is 3. The normalized spacial score (nSPS) is 19.0. The molecule has 2 amide bonds. The van der Waals surface area contributed by atoms with Gasteiger partial charge in [0, 0.05) is 39.3 Å². The summed E-state index contributed by atoms with van der Waals surface area (Å²) in [6.07, 6.45) is -2.39. The first-order chi connectivity index (χ1) is 13.3. The Morgan fingerprint density at radius 3 is 2.07 bits per heavy atom. The monoisotopic (exact) mass is 398 g/mol. The Hall–Kier alpha value is -2.13. The van der Waals surface area contributed by atoms with Gasteiger partial charge in [0.1, 0.15) is 0 Å². The Morgan fingerprint density at radius 2 is 1.46 bits per heavy atom. The molecule has 6 nitrogen and oxygen atoms in total. The lowest BCUT2D eigenvalue weighted by Crippen LogP contribution is -2.51. The van der Waals surface area contributed by atoms with Crippen LogP contribution in [0.5, 0.6) is 0 Å². The number of para-hydroxylation sites is 1. The standard InChI is InChI=1S/C19H25F3N4O2/c20-19(21,22)15-5-1-2-6-16(15)23-17(27)13-24-9-11-25(12-10-24)14-18(28)26-7-3-4-8-26/h1-2,5-6H,3-4,7-14H2,(H,23,27). The van der Waals surface area contributed by atoms with Crippen LogP contribution in [0.2, 0.25) is 0 Å². The fourth-order valence-electron chi connectivity index (χ4n) is 3.60. The van der Waals surface area contributed by atoms with E-state index >= 15 is 0 Å². The van der Waals surface area contributed by atoms with E-state index in [1.807, 2.05) is 9.80 Å². The Bertz CT molecular complexity index is 697. The van der Waals surface area contributed by atoms with Crippen LogP contribution in [0.4, 0.5) is 18.9 Å². The van der Waals surface area contributed by atoms with Gasteiger partial charge in [0.15, 0.2) is 0 Å². The number of nitrogens with one attached hydrogen (secondary N) is 1. The molecule has 154 valence electrons. The van der Waals surface area contributed by atoms with Crippen molar-refractivity contribution in [1.82, 2.24) is 14.7 Å². The molecule has 0 spiro atoms. The van der Waals surface area contributed by atoms with Crippen molar-refractivity contribution in [2.24, 2.45) is 0 Å². The summed E-state index contributed by atoms with van der Waals surface area (Å²) in [5.41, 5.74) is -1.08. The third-order valence-corrected chi connectivity index (χ3v) is 5.16. The molecule has 2 heterocycles. The second-order valence-electron chi connectivity index (χ2n) is 7.23. The lowest BCUT2D eigenvalue weighted by molar-refractivity contribution is -0.137. The lowest BCUT2D eigenvalue weighted by Gasteiger charge is -2.34. The molecule has 9 heteroatoms. The number of benzene rings is 1. The van der Waals surface area contributed by atoms with Crippen molar-refractivity contribution in [3.8, 4) is 0 Å². The molecule has 0 aliphatic carbocycles. The van der Waals surface area contributed by atoms with E-state index < -0.39 is 17.6 Å². The van der Waals surface area contributed by atoms with Crippen LogP contribution in [0.25, 0.3) is 0 Å². The number of rotatable bonds is 5. The van der Waals surface area contributed by atoms with E-state index in [9.17, 15) is 22.8 Å². The fourth-order valence-corrected chi connectivity index (χ4v) is 3.60. The number of alkyl halides is 3. The molecule has 0 saturated carbocycles. The average molecular weight is 398 g/mol. The number of amides is 2. The van der Waals surface area contributed by atoms with Gasteiger partial charge in [-0.2, -0.15) is 13.2 Å². The molecule has 1 N–H and O–H groups in total. The highest BCUT2D eigenvalue weighted by atomic mass is 19.4. The summed E-state index contributed by atoms with van der Waals surface area (Å²) in [6.45, 7) is 4.59. The van der Waals surface area contributed by atoms with Crippen LogP contribution in [-0.2, 0) is 15.8 Å². The zero-order chi connectivity index (χ0) is 20.1. The molecule has 0 bridgehead atoms. The van der Waals surface area contributed by atoms with E-state index in [0.717, 1.165) is 32.0 Å². The summed E-state index contributed by atoms with van der Waals surface area (Å²) < 4.78 is 39.1. The molecule has 0 unspecified atom stereocenters. The molecule has 3 rings (SSSR count). The first-order valence-electron chi connectivity index (χ1n) is 9.51. The summed E-state index contributed by atoms with van der Waals surface area (Å²) >= 11 is 0. The SMILES string of the molecule is O=C(CN1CCN(CC(=O)N2CCCC2)CC1)Nc1ccccc1C(F)(F)F. The lowest BCUT2D eigenvalue weighted by atomic mass is 10.1. The molecule has 28 heavy (non-hydrogen) atoms. The van der Waals surface area contributed by atoms with E-state index in [2.05, 4.69) is 10.2 Å². The second kappa shape index (κ2) is 8.91. The summed E-state index contributed by atoms with van der Waals surface area (Å²) in [6, 6.07) is 4.95. The molecular weight excluding hydrogens is 373 g/mol.